The van der Waals surface area contributed by atoms with E-state index in [1.165, 1.54) is 22.2 Å². The number of thiophene rings is 1. The second-order valence-electron chi connectivity index (χ2n) is 7.12. The lowest BCUT2D eigenvalue weighted by atomic mass is 10.2. The third-order valence-corrected chi connectivity index (χ3v) is 7.00. The highest BCUT2D eigenvalue weighted by Crippen LogP contribution is 2.26. The number of hydrogen-bond donors (Lipinski definition) is 1. The van der Waals surface area contributed by atoms with Crippen molar-refractivity contribution in [2.45, 2.75) is 25.4 Å². The lowest BCUT2D eigenvalue weighted by Crippen LogP contribution is -2.15. The molecule has 8 heteroatoms. The van der Waals surface area contributed by atoms with Gasteiger partial charge in [0.05, 0.1) is 5.75 Å². The molecule has 0 aliphatic heterocycles. The number of nitrogens with zero attached hydrogens (tertiary/aromatic N) is 3. The molecule has 31 heavy (non-hydrogen) atoms. The normalized spacial score (nSPS) is 10.9. The smallest absolute Gasteiger partial charge is 0.234 e. The molecule has 0 radical (unpaired) electrons. The molecule has 5 nitrogen and oxygen atoms in total. The van der Waals surface area contributed by atoms with Gasteiger partial charge in [0.25, 0.3) is 0 Å². The first kappa shape index (κ1) is 21.8. The molecule has 0 saturated heterocycles. The van der Waals surface area contributed by atoms with E-state index in [0.29, 0.717) is 11.6 Å². The van der Waals surface area contributed by atoms with E-state index in [2.05, 4.69) is 74.1 Å². The van der Waals surface area contributed by atoms with Crippen LogP contribution in [-0.4, -0.2) is 26.4 Å². The van der Waals surface area contributed by atoms with Gasteiger partial charge in [0.1, 0.15) is 5.82 Å². The Morgan fingerprint density at radius 2 is 1.94 bits per heavy atom. The molecule has 1 N–H and O–H groups in total. The van der Waals surface area contributed by atoms with Crippen molar-refractivity contribution in [1.82, 2.24) is 14.8 Å². The largest absolute Gasteiger partial charge is 0.325 e. The molecule has 158 valence electrons. The minimum absolute atomic E-state index is 0.0753. The molecule has 0 aliphatic carbocycles. The van der Waals surface area contributed by atoms with Crippen molar-refractivity contribution in [3.8, 4) is 5.69 Å². The Hall–Kier alpha value is -2.42. The second kappa shape index (κ2) is 9.80. The molecule has 2 aromatic heterocycles. The number of aromatic nitrogens is 3. The molecule has 2 heterocycles. The van der Waals surface area contributed by atoms with E-state index in [9.17, 15) is 4.79 Å². The van der Waals surface area contributed by atoms with E-state index in [1.54, 1.807) is 11.3 Å². The molecular formula is C23H21BrN4OS2. The van der Waals surface area contributed by atoms with Crippen molar-refractivity contribution in [3.63, 3.8) is 0 Å². The quantitative estimate of drug-likeness (QED) is 0.307. The second-order valence-corrected chi connectivity index (χ2v) is 10.0. The minimum atomic E-state index is -0.0753. The molecule has 0 fully saturated rings. The average Bonchev–Trinajstić information content (AvgIpc) is 3.40. The van der Waals surface area contributed by atoms with Crippen LogP contribution < -0.4 is 5.32 Å². The fourth-order valence-electron chi connectivity index (χ4n) is 3.11. The molecule has 4 rings (SSSR count). The highest BCUT2D eigenvalue weighted by Gasteiger charge is 2.17. The molecule has 1 amide bonds. The zero-order valence-electron chi connectivity index (χ0n) is 17.1. The summed E-state index contributed by atoms with van der Waals surface area (Å²) in [5.74, 6) is 1.03. The van der Waals surface area contributed by atoms with Crippen molar-refractivity contribution in [1.29, 1.82) is 0 Å². The zero-order valence-corrected chi connectivity index (χ0v) is 20.4. The number of anilines is 1. The Balaban J connectivity index is 1.53. The maximum atomic E-state index is 12.6. The molecule has 0 aliphatic rings. The third-order valence-electron chi connectivity index (χ3n) is 4.70. The van der Waals surface area contributed by atoms with Crippen molar-refractivity contribution in [2.75, 3.05) is 11.1 Å². The Morgan fingerprint density at radius 1 is 1.13 bits per heavy atom. The summed E-state index contributed by atoms with van der Waals surface area (Å²) in [5.41, 5.74) is 4.00. The number of aryl methyl sites for hydroxylation is 2. The van der Waals surface area contributed by atoms with Gasteiger partial charge in [0.15, 0.2) is 5.16 Å². The highest BCUT2D eigenvalue weighted by atomic mass is 79.9. The van der Waals surface area contributed by atoms with E-state index in [4.69, 9.17) is 0 Å². The van der Waals surface area contributed by atoms with Crippen LogP contribution in [0, 0.1) is 13.8 Å². The predicted octanol–water partition coefficient (Wildman–Crippen LogP) is 6.03. The summed E-state index contributed by atoms with van der Waals surface area (Å²) in [6.07, 6.45) is 0.698. The van der Waals surface area contributed by atoms with Gasteiger partial charge in [-0.15, -0.1) is 21.5 Å². The number of hydrogen-bond acceptors (Lipinski definition) is 5. The van der Waals surface area contributed by atoms with Gasteiger partial charge < -0.3 is 5.32 Å². The summed E-state index contributed by atoms with van der Waals surface area (Å²) in [6.45, 7) is 4.03. The van der Waals surface area contributed by atoms with Crippen LogP contribution in [0.5, 0.6) is 0 Å². The molecule has 0 spiro atoms. The molecule has 2 aromatic carbocycles. The first-order valence-electron chi connectivity index (χ1n) is 9.72. The maximum Gasteiger partial charge on any atom is 0.234 e. The lowest BCUT2D eigenvalue weighted by Gasteiger charge is -2.11. The van der Waals surface area contributed by atoms with Crippen molar-refractivity contribution in [3.05, 3.63) is 86.3 Å². The summed E-state index contributed by atoms with van der Waals surface area (Å²) < 4.78 is 3.03. The van der Waals surface area contributed by atoms with Crippen LogP contribution in [0.25, 0.3) is 5.69 Å². The van der Waals surface area contributed by atoms with Gasteiger partial charge in [-0.25, -0.2) is 0 Å². The number of amides is 1. The number of nitrogens with one attached hydrogen (secondary N) is 1. The lowest BCUT2D eigenvalue weighted by molar-refractivity contribution is -0.113. The zero-order chi connectivity index (χ0) is 21.8. The Bertz CT molecular complexity index is 1190. The monoisotopic (exact) mass is 512 g/mol. The summed E-state index contributed by atoms with van der Waals surface area (Å²) >= 11 is 6.53. The minimum Gasteiger partial charge on any atom is -0.325 e. The van der Waals surface area contributed by atoms with E-state index in [0.717, 1.165) is 27.2 Å². The fourth-order valence-corrected chi connectivity index (χ4v) is 5.06. The number of rotatable bonds is 7. The topological polar surface area (TPSA) is 59.8 Å². The summed E-state index contributed by atoms with van der Waals surface area (Å²) in [4.78, 5) is 13.8. The van der Waals surface area contributed by atoms with Crippen molar-refractivity contribution < 1.29 is 4.79 Å². The average molecular weight is 513 g/mol. The summed E-state index contributed by atoms with van der Waals surface area (Å²) in [7, 11) is 0. The van der Waals surface area contributed by atoms with Crippen molar-refractivity contribution in [2.24, 2.45) is 0 Å². The maximum absolute atomic E-state index is 12.6. The molecular weight excluding hydrogens is 492 g/mol. The Labute approximate surface area is 198 Å². The standard InChI is InChI=1S/C23H21BrN4OS2/c1-15-5-8-18(9-6-15)28-21(13-19-4-3-11-30-19)26-27-23(28)31-14-22(29)25-20-10-7-17(24)12-16(20)2/h3-12H,13-14H2,1-2H3,(H,25,29). The molecule has 0 unspecified atom stereocenters. The predicted molar refractivity (Wildman–Crippen MR) is 131 cm³/mol. The first-order chi connectivity index (χ1) is 15.0. The van der Waals surface area contributed by atoms with Gasteiger partial charge in [-0.2, -0.15) is 0 Å². The molecule has 0 saturated carbocycles. The first-order valence-corrected chi connectivity index (χ1v) is 12.4. The molecule has 4 aromatic rings. The van der Waals surface area contributed by atoms with Gasteiger partial charge in [0.2, 0.25) is 5.91 Å². The van der Waals surface area contributed by atoms with Crippen LogP contribution in [-0.2, 0) is 11.2 Å². The highest BCUT2D eigenvalue weighted by molar-refractivity contribution is 9.10. The van der Waals surface area contributed by atoms with Crippen molar-refractivity contribution >= 4 is 50.6 Å². The summed E-state index contributed by atoms with van der Waals surface area (Å²) in [5, 5.41) is 14.6. The molecule has 0 atom stereocenters. The number of carbonyl (C=O) groups excluding carboxylic acids is 1. The Kier molecular flexibility index (Phi) is 6.89. The van der Waals surface area contributed by atoms with Crippen LogP contribution in [0.4, 0.5) is 5.69 Å². The van der Waals surface area contributed by atoms with Crippen LogP contribution in [0.1, 0.15) is 21.8 Å². The van der Waals surface area contributed by atoms with Gasteiger partial charge in [0, 0.05) is 27.1 Å². The van der Waals surface area contributed by atoms with Gasteiger partial charge in [-0.1, -0.05) is 51.5 Å². The Morgan fingerprint density at radius 3 is 2.65 bits per heavy atom. The number of thioether (sulfide) groups is 1. The third kappa shape index (κ3) is 5.44. The SMILES string of the molecule is Cc1ccc(-n2c(Cc3cccs3)nnc2SCC(=O)Nc2ccc(Br)cc2C)cc1. The van der Waals surface area contributed by atoms with Crippen LogP contribution >= 0.6 is 39.0 Å². The number of carbonyl (C=O) groups is 1. The van der Waals surface area contributed by atoms with E-state index < -0.39 is 0 Å². The van der Waals surface area contributed by atoms with E-state index >= 15 is 0 Å². The number of halogens is 1. The van der Waals surface area contributed by atoms with Crippen LogP contribution in [0.15, 0.2) is 69.6 Å². The van der Waals surface area contributed by atoms with Gasteiger partial charge in [-0.3, -0.25) is 9.36 Å². The van der Waals surface area contributed by atoms with Crippen LogP contribution in [0.3, 0.4) is 0 Å². The van der Waals surface area contributed by atoms with E-state index in [1.807, 2.05) is 35.8 Å². The van der Waals surface area contributed by atoms with E-state index in [-0.39, 0.29) is 11.7 Å². The van der Waals surface area contributed by atoms with Crippen LogP contribution in [0.2, 0.25) is 0 Å². The fraction of sp³-hybridized carbons (Fsp3) is 0.174. The number of benzene rings is 2. The van der Waals surface area contributed by atoms with Gasteiger partial charge in [-0.05, 0) is 61.2 Å². The summed E-state index contributed by atoms with van der Waals surface area (Å²) in [6, 6.07) is 18.2. The molecule has 0 bridgehead atoms. The van der Waals surface area contributed by atoms with Gasteiger partial charge >= 0.3 is 0 Å².